The zero-order valence-electron chi connectivity index (χ0n) is 28.4. The highest BCUT2D eigenvalue weighted by Crippen LogP contribution is 2.48. The first-order chi connectivity index (χ1) is 24.7. The van der Waals surface area contributed by atoms with E-state index in [1.165, 1.54) is 6.07 Å². The normalized spacial score (nSPS) is 12.4. The number of benzene rings is 6. The Morgan fingerprint density at radius 2 is 0.923 bits per heavy atom. The molecule has 8 aromatic rings. The molecular weight excluding hydrogens is 672 g/mol. The molecular formula is C43H29F6N3. The Bertz CT molecular complexity index is 2710. The van der Waals surface area contributed by atoms with Crippen LogP contribution < -0.4 is 0 Å². The van der Waals surface area contributed by atoms with Gasteiger partial charge in [0, 0.05) is 27.1 Å². The summed E-state index contributed by atoms with van der Waals surface area (Å²) in [4.78, 5) is 3.24. The Morgan fingerprint density at radius 1 is 0.500 bits per heavy atom. The van der Waals surface area contributed by atoms with Gasteiger partial charge < -0.3 is 9.13 Å². The van der Waals surface area contributed by atoms with Gasteiger partial charge in [-0.1, -0.05) is 72.8 Å². The van der Waals surface area contributed by atoms with Crippen molar-refractivity contribution in [2.45, 2.75) is 40.0 Å². The first kappa shape index (κ1) is 33.2. The minimum absolute atomic E-state index is 0.103. The third-order valence-electron chi connectivity index (χ3n) is 9.99. The fraction of sp³-hybridized carbons (Fsp3) is 0.140. The van der Waals surface area contributed by atoms with E-state index < -0.39 is 23.5 Å². The molecule has 8 rings (SSSR count). The van der Waals surface area contributed by atoms with Gasteiger partial charge >= 0.3 is 12.4 Å². The highest BCUT2D eigenvalue weighted by molar-refractivity contribution is 6.14. The van der Waals surface area contributed by atoms with Crippen molar-refractivity contribution in [3.05, 3.63) is 148 Å². The molecule has 2 heterocycles. The summed E-state index contributed by atoms with van der Waals surface area (Å²) < 4.78 is 93.7. The summed E-state index contributed by atoms with van der Waals surface area (Å²) in [5.41, 5.74) is 2.93. The van der Waals surface area contributed by atoms with Crippen LogP contribution in [0.25, 0.3) is 71.0 Å². The summed E-state index contributed by atoms with van der Waals surface area (Å²) in [7, 11) is 0. The molecule has 9 heteroatoms. The van der Waals surface area contributed by atoms with E-state index in [4.69, 9.17) is 6.57 Å². The predicted molar refractivity (Wildman–Crippen MR) is 196 cm³/mol. The number of rotatable bonds is 3. The Kier molecular flexibility index (Phi) is 7.33. The van der Waals surface area contributed by atoms with Crippen molar-refractivity contribution in [1.82, 2.24) is 9.13 Å². The number of halogens is 6. The molecule has 0 atom stereocenters. The SMILES string of the molecule is [C-]#[N+]c1cc(-c2cc(-n3c4c(C)cccc4c4cccc(C)c43)c(-n3c4c(C)cccc4c4cccc(C)c43)c(C(F)(F)F)c2)cc(C(F)(F)F)c1. The summed E-state index contributed by atoms with van der Waals surface area (Å²) >= 11 is 0. The lowest BCUT2D eigenvalue weighted by molar-refractivity contribution is -0.138. The fourth-order valence-electron chi connectivity index (χ4n) is 7.79. The van der Waals surface area contributed by atoms with Crippen LogP contribution in [-0.2, 0) is 12.4 Å². The molecule has 52 heavy (non-hydrogen) atoms. The van der Waals surface area contributed by atoms with Gasteiger partial charge in [-0.15, -0.1) is 0 Å². The second-order valence-electron chi connectivity index (χ2n) is 13.3. The van der Waals surface area contributed by atoms with E-state index in [-0.39, 0.29) is 28.2 Å². The van der Waals surface area contributed by atoms with Crippen molar-refractivity contribution < 1.29 is 26.3 Å². The van der Waals surface area contributed by atoms with Crippen LogP contribution in [0.3, 0.4) is 0 Å². The van der Waals surface area contributed by atoms with Crippen molar-refractivity contribution in [3.8, 4) is 22.5 Å². The molecule has 0 unspecified atom stereocenters. The van der Waals surface area contributed by atoms with Crippen LogP contribution in [0.5, 0.6) is 0 Å². The topological polar surface area (TPSA) is 14.2 Å². The molecule has 0 fully saturated rings. The first-order valence-corrected chi connectivity index (χ1v) is 16.5. The number of nitrogens with zero attached hydrogens (tertiary/aromatic N) is 3. The molecule has 0 N–H and O–H groups in total. The second-order valence-corrected chi connectivity index (χ2v) is 13.3. The zero-order valence-corrected chi connectivity index (χ0v) is 28.4. The second kappa shape index (κ2) is 11.5. The lowest BCUT2D eigenvalue weighted by Crippen LogP contribution is -2.15. The van der Waals surface area contributed by atoms with E-state index in [0.29, 0.717) is 28.1 Å². The van der Waals surface area contributed by atoms with Crippen LogP contribution in [-0.4, -0.2) is 9.13 Å². The third-order valence-corrected chi connectivity index (χ3v) is 9.99. The molecule has 258 valence electrons. The quantitative estimate of drug-likeness (QED) is 0.129. The number of para-hydroxylation sites is 4. The van der Waals surface area contributed by atoms with Crippen LogP contribution in [0.2, 0.25) is 0 Å². The molecule has 3 nitrogen and oxygen atoms in total. The molecule has 0 saturated heterocycles. The number of aryl methyl sites for hydroxylation is 4. The molecule has 0 radical (unpaired) electrons. The van der Waals surface area contributed by atoms with Gasteiger partial charge in [0.25, 0.3) is 0 Å². The Hall–Kier alpha value is -6.01. The van der Waals surface area contributed by atoms with Gasteiger partial charge in [-0.25, -0.2) is 4.85 Å². The Morgan fingerprint density at radius 3 is 1.33 bits per heavy atom. The van der Waals surface area contributed by atoms with Gasteiger partial charge in [0.15, 0.2) is 5.69 Å². The van der Waals surface area contributed by atoms with Gasteiger partial charge in [-0.3, -0.25) is 0 Å². The number of aromatic nitrogens is 2. The highest BCUT2D eigenvalue weighted by Gasteiger charge is 2.39. The van der Waals surface area contributed by atoms with E-state index in [0.717, 1.165) is 55.9 Å². The smallest absolute Gasteiger partial charge is 0.307 e. The molecule has 0 saturated carbocycles. The summed E-state index contributed by atoms with van der Waals surface area (Å²) in [5, 5.41) is 3.20. The van der Waals surface area contributed by atoms with Crippen LogP contribution in [0.15, 0.2) is 103 Å². The number of hydrogen-bond donors (Lipinski definition) is 0. The largest absolute Gasteiger partial charge is 0.418 e. The van der Waals surface area contributed by atoms with Crippen molar-refractivity contribution in [1.29, 1.82) is 0 Å². The summed E-state index contributed by atoms with van der Waals surface area (Å²) in [6.07, 6.45) is -9.79. The Balaban J connectivity index is 1.67. The van der Waals surface area contributed by atoms with Crippen molar-refractivity contribution >= 4 is 49.3 Å². The van der Waals surface area contributed by atoms with Crippen LogP contribution >= 0.6 is 0 Å². The van der Waals surface area contributed by atoms with E-state index in [1.807, 2.05) is 105 Å². The average Bonchev–Trinajstić information content (AvgIpc) is 3.63. The summed E-state index contributed by atoms with van der Waals surface area (Å²) in [6.45, 7) is 15.0. The molecule has 0 aliphatic carbocycles. The van der Waals surface area contributed by atoms with Gasteiger partial charge in [-0.2, -0.15) is 26.3 Å². The monoisotopic (exact) mass is 701 g/mol. The van der Waals surface area contributed by atoms with E-state index >= 15 is 13.2 Å². The van der Waals surface area contributed by atoms with Crippen molar-refractivity contribution in [3.63, 3.8) is 0 Å². The van der Waals surface area contributed by atoms with Gasteiger partial charge in [0.1, 0.15) is 0 Å². The van der Waals surface area contributed by atoms with Gasteiger partial charge in [0.05, 0.1) is 45.6 Å². The van der Waals surface area contributed by atoms with E-state index in [9.17, 15) is 13.2 Å². The molecule has 0 aliphatic rings. The first-order valence-electron chi connectivity index (χ1n) is 16.5. The van der Waals surface area contributed by atoms with Crippen LogP contribution in [0, 0.1) is 34.3 Å². The molecule has 6 aromatic carbocycles. The lowest BCUT2D eigenvalue weighted by Gasteiger charge is -2.24. The van der Waals surface area contributed by atoms with E-state index in [2.05, 4.69) is 4.85 Å². The van der Waals surface area contributed by atoms with E-state index in [1.54, 1.807) is 10.6 Å². The number of alkyl halides is 6. The average molecular weight is 702 g/mol. The lowest BCUT2D eigenvalue weighted by atomic mass is 9.96. The number of hydrogen-bond acceptors (Lipinski definition) is 0. The molecule has 2 aromatic heterocycles. The van der Waals surface area contributed by atoms with Crippen molar-refractivity contribution in [2.24, 2.45) is 0 Å². The molecule has 0 spiro atoms. The zero-order chi connectivity index (χ0) is 36.9. The summed E-state index contributed by atoms with van der Waals surface area (Å²) in [5.74, 6) is 0. The minimum atomic E-state index is -4.96. The van der Waals surface area contributed by atoms with Crippen LogP contribution in [0.4, 0.5) is 32.0 Å². The predicted octanol–water partition coefficient (Wildman–Crippen LogP) is 13.4. The third kappa shape index (κ3) is 4.96. The molecule has 0 bridgehead atoms. The van der Waals surface area contributed by atoms with Gasteiger partial charge in [0.2, 0.25) is 0 Å². The Labute approximate surface area is 294 Å². The highest BCUT2D eigenvalue weighted by atomic mass is 19.4. The van der Waals surface area contributed by atoms with Crippen LogP contribution in [0.1, 0.15) is 33.4 Å². The standard InChI is InChI=1S/C43H29F6N3/c1-23-10-6-14-31-32-15-7-11-24(2)38(32)51(37(23)31)36-21-28(27-18-29(42(44,45)46)22-30(19-27)50-5)20-35(43(47,48)49)41(36)52-39-25(3)12-8-16-33(39)34-17-9-13-26(4)40(34)52/h6-22H,1-4H3. The molecule has 0 amide bonds. The van der Waals surface area contributed by atoms with Gasteiger partial charge in [-0.05, 0) is 91.4 Å². The maximum absolute atomic E-state index is 15.9. The minimum Gasteiger partial charge on any atom is -0.307 e. The fourth-order valence-corrected chi connectivity index (χ4v) is 7.79. The molecule has 0 aliphatic heterocycles. The van der Waals surface area contributed by atoms with Crippen molar-refractivity contribution in [2.75, 3.05) is 0 Å². The maximum atomic E-state index is 15.9. The summed E-state index contributed by atoms with van der Waals surface area (Å²) in [6, 6.07) is 27.9. The maximum Gasteiger partial charge on any atom is 0.418 e. The number of fused-ring (bicyclic) bond motifs is 6.